The van der Waals surface area contributed by atoms with E-state index in [1.54, 1.807) is 0 Å². The lowest BCUT2D eigenvalue weighted by Crippen LogP contribution is -2.36. The Kier molecular flexibility index (Phi) is 3.69. The van der Waals surface area contributed by atoms with Crippen LogP contribution in [0.5, 0.6) is 0 Å². The summed E-state index contributed by atoms with van der Waals surface area (Å²) in [5.41, 5.74) is 2.03. The fraction of sp³-hybridized carbons (Fsp3) is 0.533. The van der Waals surface area contributed by atoms with E-state index in [0.717, 1.165) is 37.5 Å². The molecule has 2 aliphatic heterocycles. The van der Waals surface area contributed by atoms with Crippen LogP contribution in [0.2, 0.25) is 0 Å². The highest BCUT2D eigenvalue weighted by atomic mass is 16.5. The van der Waals surface area contributed by atoms with E-state index in [2.05, 4.69) is 16.3 Å². The molecule has 0 spiro atoms. The van der Waals surface area contributed by atoms with Crippen LogP contribution in [0, 0.1) is 0 Å². The Hall–Kier alpha value is -1.55. The number of anilines is 2. The van der Waals surface area contributed by atoms with E-state index in [1.165, 1.54) is 12.8 Å². The maximum Gasteiger partial charge on any atom is 0.226 e. The van der Waals surface area contributed by atoms with Gasteiger partial charge in [0, 0.05) is 26.1 Å². The van der Waals surface area contributed by atoms with Crippen molar-refractivity contribution in [2.24, 2.45) is 0 Å². The van der Waals surface area contributed by atoms with Gasteiger partial charge < -0.3 is 15.0 Å². The first-order valence-corrected chi connectivity index (χ1v) is 7.08. The number of hydrogen-bond donors (Lipinski definition) is 1. The molecule has 2 heterocycles. The summed E-state index contributed by atoms with van der Waals surface area (Å²) in [6, 6.07) is 8.02. The molecule has 1 atom stereocenters. The number of carbonyl (C=O) groups excluding carboxylic acids is 1. The highest BCUT2D eigenvalue weighted by Crippen LogP contribution is 2.29. The minimum atomic E-state index is 0.0968. The third-order valence-corrected chi connectivity index (χ3v) is 3.83. The van der Waals surface area contributed by atoms with Crippen LogP contribution >= 0.6 is 0 Å². The highest BCUT2D eigenvalue weighted by molar-refractivity contribution is 5.96. The minimum Gasteiger partial charge on any atom is -0.376 e. The van der Waals surface area contributed by atoms with Gasteiger partial charge in [0.15, 0.2) is 0 Å². The number of para-hydroxylation sites is 2. The number of fused-ring (bicyclic) bond motifs is 1. The lowest BCUT2D eigenvalue weighted by Gasteiger charge is -2.31. The normalized spacial score (nSPS) is 23.5. The lowest BCUT2D eigenvalue weighted by molar-refractivity contribution is -0.116. The first-order valence-electron chi connectivity index (χ1n) is 7.08. The van der Waals surface area contributed by atoms with Gasteiger partial charge in [-0.25, -0.2) is 0 Å². The average Bonchev–Trinajstić information content (AvgIpc) is 2.60. The molecular weight excluding hydrogens is 240 g/mol. The van der Waals surface area contributed by atoms with Crippen molar-refractivity contribution < 1.29 is 9.53 Å². The monoisotopic (exact) mass is 260 g/mol. The van der Waals surface area contributed by atoms with Crippen LogP contribution in [0.3, 0.4) is 0 Å². The third-order valence-electron chi connectivity index (χ3n) is 3.83. The van der Waals surface area contributed by atoms with Gasteiger partial charge in [0.25, 0.3) is 0 Å². The van der Waals surface area contributed by atoms with Gasteiger partial charge in [-0.1, -0.05) is 12.1 Å². The number of rotatable bonds is 2. The zero-order valence-corrected chi connectivity index (χ0v) is 11.1. The number of amides is 1. The standard InChI is InChI=1S/C15H20N2O2/c18-15-8-9-17(11-12-5-3-4-10-19-12)14-7-2-1-6-13(14)16-15/h1-2,6-7,12H,3-5,8-11H2,(H,16,18). The van der Waals surface area contributed by atoms with Gasteiger partial charge in [0.2, 0.25) is 5.91 Å². The number of nitrogens with zero attached hydrogens (tertiary/aromatic N) is 1. The van der Waals surface area contributed by atoms with Crippen molar-refractivity contribution in [3.63, 3.8) is 0 Å². The lowest BCUT2D eigenvalue weighted by atomic mass is 10.1. The second-order valence-electron chi connectivity index (χ2n) is 5.25. The molecule has 1 unspecified atom stereocenters. The van der Waals surface area contributed by atoms with Gasteiger partial charge >= 0.3 is 0 Å². The summed E-state index contributed by atoms with van der Waals surface area (Å²) in [5.74, 6) is 0.0968. The molecule has 102 valence electrons. The van der Waals surface area contributed by atoms with Crippen molar-refractivity contribution in [3.05, 3.63) is 24.3 Å². The molecule has 1 amide bonds. The average molecular weight is 260 g/mol. The number of carbonyl (C=O) groups is 1. The molecule has 1 aromatic carbocycles. The molecule has 1 aromatic rings. The van der Waals surface area contributed by atoms with Crippen molar-refractivity contribution in [1.29, 1.82) is 0 Å². The quantitative estimate of drug-likeness (QED) is 0.887. The zero-order chi connectivity index (χ0) is 13.1. The van der Waals surface area contributed by atoms with Crippen molar-refractivity contribution in [3.8, 4) is 0 Å². The molecule has 0 saturated carbocycles. The molecule has 0 bridgehead atoms. The van der Waals surface area contributed by atoms with E-state index < -0.39 is 0 Å². The Morgan fingerprint density at radius 3 is 3.05 bits per heavy atom. The van der Waals surface area contributed by atoms with Gasteiger partial charge in [-0.15, -0.1) is 0 Å². The first-order chi connectivity index (χ1) is 9.33. The SMILES string of the molecule is O=C1CCN(CC2CCCCO2)c2ccccc2N1. The molecule has 3 rings (SSSR count). The second-order valence-corrected chi connectivity index (χ2v) is 5.25. The number of benzene rings is 1. The highest BCUT2D eigenvalue weighted by Gasteiger charge is 2.23. The Bertz CT molecular complexity index is 455. The molecule has 4 nitrogen and oxygen atoms in total. The Balaban J connectivity index is 1.78. The maximum atomic E-state index is 11.7. The fourth-order valence-corrected chi connectivity index (χ4v) is 2.81. The molecule has 1 saturated heterocycles. The summed E-state index contributed by atoms with van der Waals surface area (Å²) in [6.45, 7) is 2.52. The van der Waals surface area contributed by atoms with E-state index in [1.807, 2.05) is 18.2 Å². The van der Waals surface area contributed by atoms with E-state index in [9.17, 15) is 4.79 Å². The molecule has 19 heavy (non-hydrogen) atoms. The Morgan fingerprint density at radius 2 is 2.21 bits per heavy atom. The smallest absolute Gasteiger partial charge is 0.226 e. The summed E-state index contributed by atoms with van der Waals surface area (Å²) in [7, 11) is 0. The van der Waals surface area contributed by atoms with Crippen LogP contribution in [-0.4, -0.2) is 31.7 Å². The molecular formula is C15H20N2O2. The van der Waals surface area contributed by atoms with E-state index in [0.29, 0.717) is 12.5 Å². The minimum absolute atomic E-state index is 0.0968. The van der Waals surface area contributed by atoms with Gasteiger partial charge in [-0.3, -0.25) is 4.79 Å². The third kappa shape index (κ3) is 2.89. The second kappa shape index (κ2) is 5.61. The summed E-state index contributed by atoms with van der Waals surface area (Å²) in [6.07, 6.45) is 4.39. The van der Waals surface area contributed by atoms with Gasteiger partial charge in [-0.2, -0.15) is 0 Å². The first kappa shape index (κ1) is 12.5. The summed E-state index contributed by atoms with van der Waals surface area (Å²) in [5, 5.41) is 2.97. The van der Waals surface area contributed by atoms with Crippen LogP contribution < -0.4 is 10.2 Å². The molecule has 4 heteroatoms. The van der Waals surface area contributed by atoms with E-state index in [-0.39, 0.29) is 5.91 Å². The van der Waals surface area contributed by atoms with Gasteiger partial charge in [-0.05, 0) is 31.4 Å². The summed E-state index contributed by atoms with van der Waals surface area (Å²) < 4.78 is 5.82. The number of ether oxygens (including phenoxy) is 1. The van der Waals surface area contributed by atoms with Crippen LogP contribution in [-0.2, 0) is 9.53 Å². The molecule has 0 aliphatic carbocycles. The predicted octanol–water partition coefficient (Wildman–Crippen LogP) is 2.40. The van der Waals surface area contributed by atoms with E-state index in [4.69, 9.17) is 4.74 Å². The largest absolute Gasteiger partial charge is 0.376 e. The van der Waals surface area contributed by atoms with Gasteiger partial charge in [0.05, 0.1) is 17.5 Å². The Labute approximate surface area is 113 Å². The fourth-order valence-electron chi connectivity index (χ4n) is 2.81. The van der Waals surface area contributed by atoms with Crippen LogP contribution in [0.1, 0.15) is 25.7 Å². The van der Waals surface area contributed by atoms with Crippen LogP contribution in [0.4, 0.5) is 11.4 Å². The van der Waals surface area contributed by atoms with Crippen molar-refractivity contribution >= 4 is 17.3 Å². The zero-order valence-electron chi connectivity index (χ0n) is 11.1. The molecule has 1 N–H and O–H groups in total. The van der Waals surface area contributed by atoms with Crippen LogP contribution in [0.15, 0.2) is 24.3 Å². The van der Waals surface area contributed by atoms with Crippen molar-refractivity contribution in [2.75, 3.05) is 29.9 Å². The maximum absolute atomic E-state index is 11.7. The predicted molar refractivity (Wildman–Crippen MR) is 75.5 cm³/mol. The Morgan fingerprint density at radius 1 is 1.32 bits per heavy atom. The topological polar surface area (TPSA) is 41.6 Å². The van der Waals surface area contributed by atoms with E-state index >= 15 is 0 Å². The summed E-state index contributed by atoms with van der Waals surface area (Å²) >= 11 is 0. The number of nitrogens with one attached hydrogen (secondary N) is 1. The van der Waals surface area contributed by atoms with Crippen molar-refractivity contribution in [2.45, 2.75) is 31.8 Å². The van der Waals surface area contributed by atoms with Crippen molar-refractivity contribution in [1.82, 2.24) is 0 Å². The molecule has 2 aliphatic rings. The molecule has 0 radical (unpaired) electrons. The molecule has 0 aromatic heterocycles. The van der Waals surface area contributed by atoms with Crippen LogP contribution in [0.25, 0.3) is 0 Å². The number of hydrogen-bond acceptors (Lipinski definition) is 3. The molecule has 1 fully saturated rings. The van der Waals surface area contributed by atoms with Gasteiger partial charge in [0.1, 0.15) is 0 Å². The summed E-state index contributed by atoms with van der Waals surface area (Å²) in [4.78, 5) is 14.0.